The molecule has 1 saturated heterocycles. The number of rotatable bonds is 5. The van der Waals surface area contributed by atoms with Crippen LogP contribution in [0.25, 0.3) is 10.4 Å². The maximum absolute atomic E-state index is 13.7. The van der Waals surface area contributed by atoms with Gasteiger partial charge in [0.15, 0.2) is 5.13 Å². The van der Waals surface area contributed by atoms with Crippen LogP contribution in [0, 0.1) is 12.8 Å². The first kappa shape index (κ1) is 21.2. The summed E-state index contributed by atoms with van der Waals surface area (Å²) in [5.41, 5.74) is 10.1. The van der Waals surface area contributed by atoms with E-state index < -0.39 is 0 Å². The Balaban J connectivity index is 1.22. The van der Waals surface area contributed by atoms with Crippen LogP contribution in [0.3, 0.4) is 0 Å². The zero-order valence-electron chi connectivity index (χ0n) is 18.9. The Bertz CT molecular complexity index is 1300. The minimum Gasteiger partial charge on any atom is -0.493 e. The van der Waals surface area contributed by atoms with E-state index in [0.717, 1.165) is 46.6 Å². The number of hydrogen-bond acceptors (Lipinski definition) is 6. The average Bonchev–Trinajstić information content (AvgIpc) is 3.18. The second-order valence-electron chi connectivity index (χ2n) is 9.36. The van der Waals surface area contributed by atoms with Crippen molar-refractivity contribution in [2.24, 2.45) is 5.92 Å². The maximum atomic E-state index is 13.7. The summed E-state index contributed by atoms with van der Waals surface area (Å²) in [5.74, 6) is 1.08. The molecule has 0 bridgehead atoms. The molecule has 3 aliphatic rings. The van der Waals surface area contributed by atoms with Gasteiger partial charge in [0.05, 0.1) is 17.5 Å². The minimum absolute atomic E-state index is 0.0542. The van der Waals surface area contributed by atoms with E-state index in [-0.39, 0.29) is 23.9 Å². The van der Waals surface area contributed by atoms with Crippen LogP contribution in [0.2, 0.25) is 0 Å². The van der Waals surface area contributed by atoms with Crippen molar-refractivity contribution in [1.82, 2.24) is 15.2 Å². The summed E-state index contributed by atoms with van der Waals surface area (Å²) in [4.78, 5) is 33.9. The second-order valence-corrected chi connectivity index (χ2v) is 10.4. The first-order chi connectivity index (χ1) is 16.5. The van der Waals surface area contributed by atoms with Crippen LogP contribution in [0.5, 0.6) is 5.75 Å². The Morgan fingerprint density at radius 3 is 2.94 bits per heavy atom. The number of carbonyl (C=O) groups is 2. The number of thiazole rings is 1. The first-order valence-corrected chi connectivity index (χ1v) is 12.5. The number of aromatic nitrogens is 1. The number of ether oxygens (including phenoxy) is 1. The largest absolute Gasteiger partial charge is 0.493 e. The first-order valence-electron chi connectivity index (χ1n) is 11.7. The molecule has 2 fully saturated rings. The number of amides is 2. The van der Waals surface area contributed by atoms with E-state index in [1.54, 1.807) is 0 Å². The standard InChI is InChI=1S/C26H26N4O3S/c1-14-4-2-5-15(10-14)23-22(29-26(27)34-23)25(32)30-17(11-16-12-20(16)30)13-28-24(31)19-6-3-7-21-18(19)8-9-33-21/h2-7,10,16-17,20H,8-9,11-13H2,1H3,(H2,27,29)(H,28,31)/t16-,17+,20+/m1/s1. The van der Waals surface area contributed by atoms with E-state index >= 15 is 0 Å². The molecule has 34 heavy (non-hydrogen) atoms. The van der Waals surface area contributed by atoms with E-state index in [9.17, 15) is 9.59 Å². The van der Waals surface area contributed by atoms with Crippen LogP contribution in [-0.2, 0) is 6.42 Å². The number of piperidine rings is 1. The molecule has 1 saturated carbocycles. The van der Waals surface area contributed by atoms with Gasteiger partial charge >= 0.3 is 0 Å². The zero-order valence-corrected chi connectivity index (χ0v) is 19.7. The molecule has 3 atom stereocenters. The van der Waals surface area contributed by atoms with Crippen LogP contribution in [0.1, 0.15) is 44.8 Å². The number of aryl methyl sites for hydroxylation is 1. The summed E-state index contributed by atoms with van der Waals surface area (Å²) in [6, 6.07) is 13.8. The van der Waals surface area contributed by atoms with Crippen molar-refractivity contribution < 1.29 is 14.3 Å². The van der Waals surface area contributed by atoms with E-state index in [0.29, 0.717) is 35.5 Å². The summed E-state index contributed by atoms with van der Waals surface area (Å²) >= 11 is 1.34. The zero-order chi connectivity index (χ0) is 23.4. The van der Waals surface area contributed by atoms with E-state index in [1.165, 1.54) is 11.3 Å². The number of nitrogens with two attached hydrogens (primary N) is 1. The quantitative estimate of drug-likeness (QED) is 0.588. The summed E-state index contributed by atoms with van der Waals surface area (Å²) in [7, 11) is 0. The lowest BCUT2D eigenvalue weighted by Crippen LogP contribution is -2.45. The van der Waals surface area contributed by atoms with E-state index in [4.69, 9.17) is 10.5 Å². The van der Waals surface area contributed by atoms with Gasteiger partial charge in [0.2, 0.25) is 0 Å². The third-order valence-electron chi connectivity index (χ3n) is 7.06. The van der Waals surface area contributed by atoms with Gasteiger partial charge in [0.25, 0.3) is 11.8 Å². The Hall–Kier alpha value is -3.39. The van der Waals surface area contributed by atoms with Gasteiger partial charge in [-0.25, -0.2) is 4.98 Å². The SMILES string of the molecule is Cc1cccc(-c2sc(N)nc2C(=O)N2[C@H](CNC(=O)c3cccc4c3CCO4)C[C@@H]3C[C@@H]32)c1. The molecular weight excluding hydrogens is 448 g/mol. The molecule has 3 aromatic rings. The summed E-state index contributed by atoms with van der Waals surface area (Å²) in [5, 5.41) is 3.46. The van der Waals surface area contributed by atoms with Gasteiger partial charge in [0, 0.05) is 30.1 Å². The van der Waals surface area contributed by atoms with Crippen molar-refractivity contribution in [3.05, 3.63) is 64.8 Å². The predicted molar refractivity (Wildman–Crippen MR) is 131 cm³/mol. The average molecular weight is 475 g/mol. The lowest BCUT2D eigenvalue weighted by Gasteiger charge is -2.27. The van der Waals surface area contributed by atoms with Gasteiger partial charge in [0.1, 0.15) is 11.4 Å². The van der Waals surface area contributed by atoms with Crippen LogP contribution >= 0.6 is 11.3 Å². The highest BCUT2D eigenvalue weighted by atomic mass is 32.1. The molecule has 0 unspecified atom stereocenters. The topological polar surface area (TPSA) is 97.5 Å². The van der Waals surface area contributed by atoms with E-state index in [2.05, 4.69) is 10.3 Å². The fraction of sp³-hybridized carbons (Fsp3) is 0.346. The number of nitrogen functional groups attached to an aromatic ring is 1. The van der Waals surface area contributed by atoms with E-state index in [1.807, 2.05) is 54.3 Å². The fourth-order valence-corrected chi connectivity index (χ4v) is 6.20. The van der Waals surface area contributed by atoms with Crippen LogP contribution in [0.4, 0.5) is 5.13 Å². The molecule has 7 nitrogen and oxygen atoms in total. The Labute approximate surface area is 201 Å². The molecule has 2 aromatic carbocycles. The van der Waals surface area contributed by atoms with Gasteiger partial charge in [-0.3, -0.25) is 9.59 Å². The lowest BCUT2D eigenvalue weighted by molar-refractivity contribution is 0.0684. The van der Waals surface area contributed by atoms with Crippen molar-refractivity contribution in [2.45, 2.75) is 38.3 Å². The van der Waals surface area contributed by atoms with Gasteiger partial charge in [-0.2, -0.15) is 0 Å². The third-order valence-corrected chi connectivity index (χ3v) is 7.99. The summed E-state index contributed by atoms with van der Waals surface area (Å²) in [6.07, 6.45) is 2.65. The molecule has 0 radical (unpaired) electrons. The highest BCUT2D eigenvalue weighted by molar-refractivity contribution is 7.19. The predicted octanol–water partition coefficient (Wildman–Crippen LogP) is 3.67. The Morgan fingerprint density at radius 1 is 1.24 bits per heavy atom. The molecule has 3 N–H and O–H groups in total. The van der Waals surface area contributed by atoms with Crippen LogP contribution < -0.4 is 15.8 Å². The Kier molecular flexibility index (Phi) is 5.06. The summed E-state index contributed by atoms with van der Waals surface area (Å²) in [6.45, 7) is 3.05. The van der Waals surface area contributed by atoms with Crippen molar-refractivity contribution in [3.63, 3.8) is 0 Å². The van der Waals surface area contributed by atoms with Gasteiger partial charge in [-0.05, 0) is 43.4 Å². The number of fused-ring (bicyclic) bond motifs is 2. The van der Waals surface area contributed by atoms with Gasteiger partial charge in [-0.15, -0.1) is 0 Å². The second kappa shape index (κ2) is 8.13. The van der Waals surface area contributed by atoms with Gasteiger partial charge in [-0.1, -0.05) is 47.2 Å². The monoisotopic (exact) mass is 474 g/mol. The molecule has 3 heterocycles. The molecular formula is C26H26N4O3S. The van der Waals surface area contributed by atoms with Crippen molar-refractivity contribution in [1.29, 1.82) is 0 Å². The smallest absolute Gasteiger partial charge is 0.274 e. The lowest BCUT2D eigenvalue weighted by atomic mass is 10.0. The minimum atomic E-state index is -0.117. The van der Waals surface area contributed by atoms with Crippen molar-refractivity contribution in [3.8, 4) is 16.2 Å². The molecule has 174 valence electrons. The number of anilines is 1. The molecule has 1 aliphatic carbocycles. The van der Waals surface area contributed by atoms with Crippen molar-refractivity contribution in [2.75, 3.05) is 18.9 Å². The normalized spacial score (nSPS) is 22.1. The highest BCUT2D eigenvalue weighted by Crippen LogP contribution is 2.49. The number of benzene rings is 2. The highest BCUT2D eigenvalue weighted by Gasteiger charge is 2.54. The van der Waals surface area contributed by atoms with Crippen molar-refractivity contribution >= 4 is 28.3 Å². The molecule has 6 rings (SSSR count). The number of likely N-dealkylation sites (tertiary alicyclic amines) is 1. The molecule has 8 heteroatoms. The molecule has 2 aliphatic heterocycles. The maximum Gasteiger partial charge on any atom is 0.274 e. The fourth-order valence-electron chi connectivity index (χ4n) is 5.38. The number of nitrogens with zero attached hydrogens (tertiary/aromatic N) is 2. The van der Waals surface area contributed by atoms with Crippen LogP contribution in [-0.4, -0.2) is 46.9 Å². The molecule has 2 amide bonds. The van der Waals surface area contributed by atoms with Crippen LogP contribution in [0.15, 0.2) is 42.5 Å². The number of hydrogen-bond donors (Lipinski definition) is 2. The Morgan fingerprint density at radius 2 is 2.09 bits per heavy atom. The number of nitrogens with one attached hydrogen (secondary N) is 1. The third kappa shape index (κ3) is 3.62. The number of carbonyl (C=O) groups excluding carboxylic acids is 2. The molecule has 0 spiro atoms. The van der Waals surface area contributed by atoms with Gasteiger partial charge < -0.3 is 20.7 Å². The molecule has 1 aromatic heterocycles. The summed E-state index contributed by atoms with van der Waals surface area (Å²) < 4.78 is 5.59.